The molecule has 0 spiro atoms. The molecule has 1 saturated heterocycles. The SMILES string of the molecule is O=C(NCCc1ccccn1)c1cc(-c2ccccc2)c(N2CCOCC2)s1. The van der Waals surface area contributed by atoms with Gasteiger partial charge in [0.15, 0.2) is 0 Å². The highest BCUT2D eigenvalue weighted by Gasteiger charge is 2.21. The average molecular weight is 394 g/mol. The van der Waals surface area contributed by atoms with E-state index in [1.54, 1.807) is 17.5 Å². The second-order valence-corrected chi connectivity index (χ2v) is 7.65. The number of pyridine rings is 1. The van der Waals surface area contributed by atoms with Crippen LogP contribution >= 0.6 is 11.3 Å². The lowest BCUT2D eigenvalue weighted by Gasteiger charge is -2.28. The van der Waals surface area contributed by atoms with Crippen molar-refractivity contribution in [2.24, 2.45) is 0 Å². The Labute approximate surface area is 169 Å². The monoisotopic (exact) mass is 393 g/mol. The maximum Gasteiger partial charge on any atom is 0.261 e. The Morgan fingerprint density at radius 1 is 1.11 bits per heavy atom. The van der Waals surface area contributed by atoms with Gasteiger partial charge in [0, 0.05) is 43.5 Å². The lowest BCUT2D eigenvalue weighted by atomic mass is 10.1. The van der Waals surface area contributed by atoms with E-state index in [1.165, 1.54) is 0 Å². The van der Waals surface area contributed by atoms with Crippen molar-refractivity contribution in [1.82, 2.24) is 10.3 Å². The van der Waals surface area contributed by atoms with Gasteiger partial charge in [-0.25, -0.2) is 0 Å². The molecule has 0 atom stereocenters. The molecule has 1 aromatic carbocycles. The number of carbonyl (C=O) groups is 1. The van der Waals surface area contributed by atoms with Crippen LogP contribution in [0.4, 0.5) is 5.00 Å². The van der Waals surface area contributed by atoms with Crippen LogP contribution < -0.4 is 10.2 Å². The van der Waals surface area contributed by atoms with Gasteiger partial charge in [0.05, 0.1) is 23.1 Å². The fourth-order valence-corrected chi connectivity index (χ4v) is 4.40. The summed E-state index contributed by atoms with van der Waals surface area (Å²) >= 11 is 1.56. The summed E-state index contributed by atoms with van der Waals surface area (Å²) in [6.07, 6.45) is 2.50. The third-order valence-corrected chi connectivity index (χ3v) is 5.91. The summed E-state index contributed by atoms with van der Waals surface area (Å²) < 4.78 is 5.49. The summed E-state index contributed by atoms with van der Waals surface area (Å²) in [6, 6.07) is 18.1. The van der Waals surface area contributed by atoms with Gasteiger partial charge in [-0.1, -0.05) is 36.4 Å². The Hall–Kier alpha value is -2.70. The Morgan fingerprint density at radius 2 is 1.89 bits per heavy atom. The zero-order valence-electron chi connectivity index (χ0n) is 15.6. The van der Waals surface area contributed by atoms with E-state index < -0.39 is 0 Å². The molecule has 3 heterocycles. The molecule has 5 nitrogen and oxygen atoms in total. The molecule has 4 rings (SSSR count). The molecule has 0 unspecified atom stereocenters. The Kier molecular flexibility index (Phi) is 5.99. The maximum absolute atomic E-state index is 12.8. The third kappa shape index (κ3) is 4.40. The summed E-state index contributed by atoms with van der Waals surface area (Å²) in [5.41, 5.74) is 3.23. The predicted molar refractivity (Wildman–Crippen MR) is 113 cm³/mol. The molecular weight excluding hydrogens is 370 g/mol. The molecule has 0 saturated carbocycles. The van der Waals surface area contributed by atoms with Crippen LogP contribution in [0.25, 0.3) is 11.1 Å². The molecule has 3 aromatic rings. The second-order valence-electron chi connectivity index (χ2n) is 6.62. The van der Waals surface area contributed by atoms with Crippen LogP contribution in [-0.2, 0) is 11.2 Å². The molecule has 0 bridgehead atoms. The number of nitrogens with zero attached hydrogens (tertiary/aromatic N) is 2. The maximum atomic E-state index is 12.8. The number of hydrogen-bond donors (Lipinski definition) is 1. The molecule has 0 aliphatic carbocycles. The summed E-state index contributed by atoms with van der Waals surface area (Å²) in [5, 5.41) is 4.17. The molecular formula is C22H23N3O2S. The van der Waals surface area contributed by atoms with Crippen molar-refractivity contribution >= 4 is 22.2 Å². The summed E-state index contributed by atoms with van der Waals surface area (Å²) in [4.78, 5) is 20.1. The van der Waals surface area contributed by atoms with E-state index in [1.807, 2.05) is 42.5 Å². The summed E-state index contributed by atoms with van der Waals surface area (Å²) in [6.45, 7) is 3.71. The Bertz CT molecular complexity index is 906. The lowest BCUT2D eigenvalue weighted by Crippen LogP contribution is -2.35. The van der Waals surface area contributed by atoms with E-state index in [4.69, 9.17) is 4.74 Å². The molecule has 1 amide bonds. The average Bonchev–Trinajstić information content (AvgIpc) is 3.21. The Morgan fingerprint density at radius 3 is 2.64 bits per heavy atom. The van der Waals surface area contributed by atoms with Crippen molar-refractivity contribution in [3.8, 4) is 11.1 Å². The summed E-state index contributed by atoms with van der Waals surface area (Å²) in [5.74, 6) is -0.0300. The largest absolute Gasteiger partial charge is 0.378 e. The number of thiophene rings is 1. The van der Waals surface area contributed by atoms with Gasteiger partial charge in [0.2, 0.25) is 0 Å². The van der Waals surface area contributed by atoms with E-state index >= 15 is 0 Å². The number of carbonyl (C=O) groups excluding carboxylic acids is 1. The fourth-order valence-electron chi connectivity index (χ4n) is 3.26. The van der Waals surface area contributed by atoms with E-state index in [9.17, 15) is 4.79 Å². The smallest absolute Gasteiger partial charge is 0.261 e. The van der Waals surface area contributed by atoms with Gasteiger partial charge in [0.1, 0.15) is 0 Å². The van der Waals surface area contributed by atoms with Crippen molar-refractivity contribution in [3.05, 3.63) is 71.4 Å². The molecule has 1 aliphatic rings. The Balaban J connectivity index is 1.51. The van der Waals surface area contributed by atoms with Gasteiger partial charge in [-0.3, -0.25) is 9.78 Å². The van der Waals surface area contributed by atoms with Gasteiger partial charge in [0.25, 0.3) is 5.91 Å². The molecule has 1 N–H and O–H groups in total. The minimum Gasteiger partial charge on any atom is -0.378 e. The van der Waals surface area contributed by atoms with E-state index in [-0.39, 0.29) is 5.91 Å². The van der Waals surface area contributed by atoms with Crippen LogP contribution in [0.3, 0.4) is 0 Å². The van der Waals surface area contributed by atoms with Gasteiger partial charge >= 0.3 is 0 Å². The van der Waals surface area contributed by atoms with Gasteiger partial charge < -0.3 is 15.0 Å². The van der Waals surface area contributed by atoms with Crippen molar-refractivity contribution in [2.75, 3.05) is 37.7 Å². The first-order valence-corrected chi connectivity index (χ1v) is 10.3. The van der Waals surface area contributed by atoms with E-state index in [0.717, 1.165) is 59.4 Å². The topological polar surface area (TPSA) is 54.5 Å². The molecule has 144 valence electrons. The fraction of sp³-hybridized carbons (Fsp3) is 0.273. The number of ether oxygens (including phenoxy) is 1. The van der Waals surface area contributed by atoms with Crippen LogP contribution in [0, 0.1) is 0 Å². The zero-order chi connectivity index (χ0) is 19.2. The molecule has 6 heteroatoms. The highest BCUT2D eigenvalue weighted by Crippen LogP contribution is 2.39. The van der Waals surface area contributed by atoms with E-state index in [2.05, 4.69) is 27.3 Å². The highest BCUT2D eigenvalue weighted by atomic mass is 32.1. The molecule has 0 radical (unpaired) electrons. The quantitative estimate of drug-likeness (QED) is 0.695. The number of aromatic nitrogens is 1. The third-order valence-electron chi connectivity index (χ3n) is 4.71. The van der Waals surface area contributed by atoms with Gasteiger partial charge in [-0.2, -0.15) is 0 Å². The van der Waals surface area contributed by atoms with Crippen molar-refractivity contribution in [3.63, 3.8) is 0 Å². The first kappa shape index (κ1) is 18.7. The van der Waals surface area contributed by atoms with Crippen molar-refractivity contribution in [1.29, 1.82) is 0 Å². The van der Waals surface area contributed by atoms with Crippen LogP contribution in [0.5, 0.6) is 0 Å². The van der Waals surface area contributed by atoms with Crippen molar-refractivity contribution in [2.45, 2.75) is 6.42 Å². The zero-order valence-corrected chi connectivity index (χ0v) is 16.5. The van der Waals surface area contributed by atoms with Crippen LogP contribution in [0.15, 0.2) is 60.8 Å². The van der Waals surface area contributed by atoms with Crippen molar-refractivity contribution < 1.29 is 9.53 Å². The van der Waals surface area contributed by atoms with Gasteiger partial charge in [-0.15, -0.1) is 11.3 Å². The molecule has 28 heavy (non-hydrogen) atoms. The first-order valence-electron chi connectivity index (χ1n) is 9.51. The number of anilines is 1. The first-order chi connectivity index (χ1) is 13.8. The predicted octanol–water partition coefficient (Wildman–Crippen LogP) is 3.62. The number of morpholine rings is 1. The molecule has 2 aromatic heterocycles. The highest BCUT2D eigenvalue weighted by molar-refractivity contribution is 7.18. The standard InChI is InChI=1S/C22H23N3O2S/c26-21(24-11-9-18-8-4-5-10-23-18)20-16-19(17-6-2-1-3-7-17)22(28-20)25-12-14-27-15-13-25/h1-8,10,16H,9,11-15H2,(H,24,26). The number of hydrogen-bond acceptors (Lipinski definition) is 5. The number of benzene rings is 1. The second kappa shape index (κ2) is 8.99. The summed E-state index contributed by atoms with van der Waals surface area (Å²) in [7, 11) is 0. The van der Waals surface area contributed by atoms with Crippen LogP contribution in [0.1, 0.15) is 15.4 Å². The number of rotatable bonds is 6. The van der Waals surface area contributed by atoms with E-state index in [0.29, 0.717) is 6.54 Å². The minimum absolute atomic E-state index is 0.0300. The van der Waals surface area contributed by atoms with Crippen LogP contribution in [-0.4, -0.2) is 43.7 Å². The van der Waals surface area contributed by atoms with Gasteiger partial charge in [-0.05, 0) is 23.8 Å². The minimum atomic E-state index is -0.0300. The lowest BCUT2D eigenvalue weighted by molar-refractivity contribution is 0.0958. The normalized spacial score (nSPS) is 14.1. The van der Waals surface area contributed by atoms with Crippen LogP contribution in [0.2, 0.25) is 0 Å². The number of nitrogens with one attached hydrogen (secondary N) is 1. The molecule has 1 fully saturated rings. The molecule has 1 aliphatic heterocycles. The number of amides is 1.